The first-order valence-corrected chi connectivity index (χ1v) is 10.4. The van der Waals surface area contributed by atoms with E-state index in [0.29, 0.717) is 18.5 Å². The van der Waals surface area contributed by atoms with Crippen molar-refractivity contribution in [2.75, 3.05) is 0 Å². The molecule has 0 fully saturated rings. The maximum absolute atomic E-state index is 12.4. The van der Waals surface area contributed by atoms with Crippen LogP contribution >= 0.6 is 0 Å². The van der Waals surface area contributed by atoms with E-state index in [9.17, 15) is 13.2 Å². The van der Waals surface area contributed by atoms with E-state index < -0.39 is 10.0 Å². The fraction of sp³-hybridized carbons (Fsp3) is 0.190. The summed E-state index contributed by atoms with van der Waals surface area (Å²) in [5.74, 6) is 0.104. The highest BCUT2D eigenvalue weighted by Gasteiger charge is 2.14. The van der Waals surface area contributed by atoms with Crippen LogP contribution < -0.4 is 4.72 Å². The van der Waals surface area contributed by atoms with Gasteiger partial charge in [0, 0.05) is 31.4 Å². The molecule has 7 heteroatoms. The Morgan fingerprint density at radius 3 is 2.43 bits per heavy atom. The van der Waals surface area contributed by atoms with Crippen molar-refractivity contribution in [3.63, 3.8) is 0 Å². The Morgan fingerprint density at radius 2 is 1.75 bits per heavy atom. The SMILES string of the molecule is O=C(CCc1cccnc1)Cc1ccc(S(=O)(=O)NCc2ccccn2)cc1. The topological polar surface area (TPSA) is 89.0 Å². The number of hydrogen-bond donors (Lipinski definition) is 1. The highest BCUT2D eigenvalue weighted by Crippen LogP contribution is 2.13. The number of carbonyl (C=O) groups is 1. The molecule has 0 bridgehead atoms. The van der Waals surface area contributed by atoms with Crippen LogP contribution in [-0.4, -0.2) is 24.2 Å². The van der Waals surface area contributed by atoms with Crippen molar-refractivity contribution in [2.45, 2.75) is 30.7 Å². The zero-order chi connectivity index (χ0) is 19.8. The fourth-order valence-corrected chi connectivity index (χ4v) is 3.69. The van der Waals surface area contributed by atoms with Gasteiger partial charge in [0.25, 0.3) is 0 Å². The summed E-state index contributed by atoms with van der Waals surface area (Å²) in [6.07, 6.45) is 6.43. The van der Waals surface area contributed by atoms with Gasteiger partial charge in [-0.25, -0.2) is 13.1 Å². The molecule has 0 saturated heterocycles. The molecule has 6 nitrogen and oxygen atoms in total. The smallest absolute Gasteiger partial charge is 0.240 e. The maximum Gasteiger partial charge on any atom is 0.240 e. The minimum atomic E-state index is -3.63. The van der Waals surface area contributed by atoms with Gasteiger partial charge >= 0.3 is 0 Å². The van der Waals surface area contributed by atoms with Crippen molar-refractivity contribution >= 4 is 15.8 Å². The van der Waals surface area contributed by atoms with E-state index in [0.717, 1.165) is 11.1 Å². The second kappa shape index (κ2) is 9.34. The number of ketones is 1. The Labute approximate surface area is 164 Å². The van der Waals surface area contributed by atoms with Crippen molar-refractivity contribution in [1.82, 2.24) is 14.7 Å². The zero-order valence-electron chi connectivity index (χ0n) is 15.3. The average Bonchev–Trinajstić information content (AvgIpc) is 2.73. The van der Waals surface area contributed by atoms with Crippen LogP contribution in [0.5, 0.6) is 0 Å². The molecule has 0 saturated carbocycles. The molecule has 0 radical (unpaired) electrons. The molecule has 0 aliphatic rings. The molecule has 0 aliphatic carbocycles. The number of carbonyl (C=O) groups excluding carboxylic acids is 1. The third-order valence-electron chi connectivity index (χ3n) is 4.22. The fourth-order valence-electron chi connectivity index (χ4n) is 2.69. The first kappa shape index (κ1) is 19.9. The largest absolute Gasteiger partial charge is 0.299 e. The molecule has 0 aliphatic heterocycles. The van der Waals surface area contributed by atoms with Crippen LogP contribution in [0.3, 0.4) is 0 Å². The lowest BCUT2D eigenvalue weighted by Crippen LogP contribution is -2.23. The third-order valence-corrected chi connectivity index (χ3v) is 5.64. The number of benzene rings is 1. The van der Waals surface area contributed by atoms with Gasteiger partial charge in [0.15, 0.2) is 0 Å². The van der Waals surface area contributed by atoms with E-state index in [1.165, 1.54) is 12.1 Å². The number of sulfonamides is 1. The summed E-state index contributed by atoms with van der Waals surface area (Å²) >= 11 is 0. The quantitative estimate of drug-likeness (QED) is 0.602. The van der Waals surface area contributed by atoms with Crippen molar-refractivity contribution in [2.24, 2.45) is 0 Å². The van der Waals surface area contributed by atoms with Gasteiger partial charge in [-0.3, -0.25) is 14.8 Å². The molecule has 144 valence electrons. The van der Waals surface area contributed by atoms with Gasteiger partial charge in [0.1, 0.15) is 5.78 Å². The number of hydrogen-bond acceptors (Lipinski definition) is 5. The lowest BCUT2D eigenvalue weighted by molar-refractivity contribution is -0.118. The minimum absolute atomic E-state index is 0.104. The van der Waals surface area contributed by atoms with Crippen LogP contribution in [0.15, 0.2) is 78.1 Å². The Balaban J connectivity index is 1.54. The number of aryl methyl sites for hydroxylation is 1. The van der Waals surface area contributed by atoms with Gasteiger partial charge in [0.2, 0.25) is 10.0 Å². The van der Waals surface area contributed by atoms with E-state index in [2.05, 4.69) is 14.7 Å². The number of aromatic nitrogens is 2. The van der Waals surface area contributed by atoms with Crippen molar-refractivity contribution in [3.8, 4) is 0 Å². The van der Waals surface area contributed by atoms with Crippen LogP contribution in [-0.2, 0) is 34.2 Å². The van der Waals surface area contributed by atoms with E-state index >= 15 is 0 Å². The zero-order valence-corrected chi connectivity index (χ0v) is 16.1. The van der Waals surface area contributed by atoms with Crippen molar-refractivity contribution < 1.29 is 13.2 Å². The number of Topliss-reactive ketones (excluding diaryl/α,β-unsaturated/α-hetero) is 1. The lowest BCUT2D eigenvalue weighted by Gasteiger charge is -2.07. The number of nitrogens with one attached hydrogen (secondary N) is 1. The van der Waals surface area contributed by atoms with Gasteiger partial charge in [-0.2, -0.15) is 0 Å². The predicted octanol–water partition coefficient (Wildman–Crippen LogP) is 2.70. The minimum Gasteiger partial charge on any atom is -0.299 e. The standard InChI is InChI=1S/C21H21N3O3S/c25-20(9-6-18-4-3-12-22-15-18)14-17-7-10-21(11-8-17)28(26,27)24-16-19-5-1-2-13-23-19/h1-5,7-8,10-13,15,24H,6,9,14,16H2. The summed E-state index contributed by atoms with van der Waals surface area (Å²) in [5, 5.41) is 0. The summed E-state index contributed by atoms with van der Waals surface area (Å²) in [6.45, 7) is 0.123. The summed E-state index contributed by atoms with van der Waals surface area (Å²) < 4.78 is 27.3. The number of pyridine rings is 2. The van der Waals surface area contributed by atoms with Crippen molar-refractivity contribution in [3.05, 3.63) is 90.0 Å². The van der Waals surface area contributed by atoms with Crippen LogP contribution in [0.1, 0.15) is 23.2 Å². The van der Waals surface area contributed by atoms with E-state index in [4.69, 9.17) is 0 Å². The second-order valence-electron chi connectivity index (χ2n) is 6.37. The Bertz CT molecular complexity index is 1010. The maximum atomic E-state index is 12.4. The molecule has 28 heavy (non-hydrogen) atoms. The van der Waals surface area contributed by atoms with Gasteiger partial charge in [0.05, 0.1) is 17.1 Å². The summed E-state index contributed by atoms with van der Waals surface area (Å²) in [5.41, 5.74) is 2.46. The Hall–Kier alpha value is -2.90. The van der Waals surface area contributed by atoms with Gasteiger partial charge in [-0.15, -0.1) is 0 Å². The Morgan fingerprint density at radius 1 is 0.929 bits per heavy atom. The molecule has 1 N–H and O–H groups in total. The van der Waals surface area contributed by atoms with E-state index in [1.54, 1.807) is 48.9 Å². The number of rotatable bonds is 9. The highest BCUT2D eigenvalue weighted by atomic mass is 32.2. The molecule has 1 aromatic carbocycles. The third kappa shape index (κ3) is 5.80. The molecule has 2 aromatic heterocycles. The van der Waals surface area contributed by atoms with Crippen LogP contribution in [0.25, 0.3) is 0 Å². The van der Waals surface area contributed by atoms with E-state index in [1.807, 2.05) is 12.1 Å². The van der Waals surface area contributed by atoms with Gasteiger partial charge in [-0.1, -0.05) is 24.3 Å². The molecule has 0 unspecified atom stereocenters. The van der Waals surface area contributed by atoms with Crippen LogP contribution in [0, 0.1) is 0 Å². The lowest BCUT2D eigenvalue weighted by atomic mass is 10.0. The molecular weight excluding hydrogens is 374 g/mol. The molecule has 0 amide bonds. The monoisotopic (exact) mass is 395 g/mol. The first-order chi connectivity index (χ1) is 13.5. The van der Waals surface area contributed by atoms with Crippen LogP contribution in [0.2, 0.25) is 0 Å². The molecule has 2 heterocycles. The second-order valence-corrected chi connectivity index (χ2v) is 8.13. The molecule has 3 rings (SSSR count). The van der Waals surface area contributed by atoms with Gasteiger partial charge in [-0.05, 0) is 47.9 Å². The predicted molar refractivity (Wildman–Crippen MR) is 106 cm³/mol. The first-order valence-electron chi connectivity index (χ1n) is 8.92. The number of nitrogens with zero attached hydrogens (tertiary/aromatic N) is 2. The average molecular weight is 395 g/mol. The molecule has 0 spiro atoms. The van der Waals surface area contributed by atoms with Crippen LogP contribution in [0.4, 0.5) is 0 Å². The molecular formula is C21H21N3O3S. The molecule has 3 aromatic rings. The molecule has 0 atom stereocenters. The summed E-state index contributed by atoms with van der Waals surface area (Å²) in [7, 11) is -3.63. The normalized spacial score (nSPS) is 11.3. The van der Waals surface area contributed by atoms with Gasteiger partial charge < -0.3 is 0 Å². The highest BCUT2D eigenvalue weighted by molar-refractivity contribution is 7.89. The van der Waals surface area contributed by atoms with Crippen molar-refractivity contribution in [1.29, 1.82) is 0 Å². The summed E-state index contributed by atoms with van der Waals surface area (Å²) in [4.78, 5) is 20.5. The summed E-state index contributed by atoms with van der Waals surface area (Å²) in [6, 6.07) is 15.5. The Kier molecular flexibility index (Phi) is 6.62. The van der Waals surface area contributed by atoms with E-state index in [-0.39, 0.29) is 23.6 Å².